The summed E-state index contributed by atoms with van der Waals surface area (Å²) in [7, 11) is 0. The molecule has 4 nitrogen and oxygen atoms in total. The lowest BCUT2D eigenvalue weighted by atomic mass is 10.2. The fraction of sp³-hybridized carbons (Fsp3) is 0.273. The number of fused-ring (bicyclic) bond motifs is 1. The minimum absolute atomic E-state index is 0.0121. The highest BCUT2D eigenvalue weighted by molar-refractivity contribution is 5.53. The Morgan fingerprint density at radius 1 is 1.47 bits per heavy atom. The van der Waals surface area contributed by atoms with Crippen LogP contribution in [0.25, 0.3) is 5.52 Å². The molecule has 0 N–H and O–H groups in total. The van der Waals surface area contributed by atoms with Gasteiger partial charge in [0.15, 0.2) is 0 Å². The Hall–Kier alpha value is -1.84. The summed E-state index contributed by atoms with van der Waals surface area (Å²) in [5, 5.41) is 10.3. The van der Waals surface area contributed by atoms with E-state index in [1.54, 1.807) is 0 Å². The molecule has 15 heavy (non-hydrogen) atoms. The minimum Gasteiger partial charge on any atom is -0.320 e. The summed E-state index contributed by atoms with van der Waals surface area (Å²) in [6, 6.07) is 7.95. The molecule has 0 fully saturated rings. The van der Waals surface area contributed by atoms with E-state index in [2.05, 4.69) is 6.07 Å². The molecule has 0 aromatic carbocycles. The van der Waals surface area contributed by atoms with Gasteiger partial charge in [-0.2, -0.15) is 0 Å². The van der Waals surface area contributed by atoms with Gasteiger partial charge >= 0.3 is 0 Å². The van der Waals surface area contributed by atoms with Crippen LogP contribution in [-0.4, -0.2) is 15.9 Å². The van der Waals surface area contributed by atoms with Gasteiger partial charge in [0.2, 0.25) is 6.54 Å². The normalized spacial score (nSPS) is 10.7. The minimum atomic E-state index is -0.276. The van der Waals surface area contributed by atoms with Gasteiger partial charge < -0.3 is 4.40 Å². The average Bonchev–Trinajstić information content (AvgIpc) is 2.50. The summed E-state index contributed by atoms with van der Waals surface area (Å²) in [6.07, 6.45) is 2.43. The molecule has 0 aliphatic heterocycles. The van der Waals surface area contributed by atoms with Crippen molar-refractivity contribution in [3.63, 3.8) is 0 Å². The largest absolute Gasteiger partial charge is 0.320 e. The molecule has 0 aliphatic rings. The molecule has 0 radical (unpaired) electrons. The second kappa shape index (κ2) is 3.73. The van der Waals surface area contributed by atoms with Crippen LogP contribution in [0.3, 0.4) is 0 Å². The zero-order chi connectivity index (χ0) is 10.8. The van der Waals surface area contributed by atoms with Crippen molar-refractivity contribution in [2.24, 2.45) is 0 Å². The van der Waals surface area contributed by atoms with E-state index in [1.807, 2.05) is 35.7 Å². The van der Waals surface area contributed by atoms with Crippen molar-refractivity contribution in [2.75, 3.05) is 6.54 Å². The molecule has 0 unspecified atom stereocenters. The lowest BCUT2D eigenvalue weighted by Gasteiger charge is -2.01. The molecule has 78 valence electrons. The van der Waals surface area contributed by atoms with Gasteiger partial charge in [0.25, 0.3) is 0 Å². The summed E-state index contributed by atoms with van der Waals surface area (Å²) >= 11 is 0. The number of aromatic nitrogens is 1. The second-order valence-corrected chi connectivity index (χ2v) is 3.58. The van der Waals surface area contributed by atoms with Gasteiger partial charge in [0, 0.05) is 22.3 Å². The van der Waals surface area contributed by atoms with Gasteiger partial charge in [-0.15, -0.1) is 0 Å². The van der Waals surface area contributed by atoms with Crippen molar-refractivity contribution in [3.8, 4) is 0 Å². The molecule has 0 spiro atoms. The molecular formula is C11H12N2O2. The van der Waals surface area contributed by atoms with Crippen LogP contribution in [0.4, 0.5) is 0 Å². The Kier molecular flexibility index (Phi) is 2.41. The van der Waals surface area contributed by atoms with Crippen molar-refractivity contribution in [1.29, 1.82) is 0 Å². The topological polar surface area (TPSA) is 47.5 Å². The maximum Gasteiger partial charge on any atom is 0.209 e. The molecule has 0 atom stereocenters. The maximum absolute atomic E-state index is 10.3. The van der Waals surface area contributed by atoms with Gasteiger partial charge in [0.1, 0.15) is 0 Å². The molecule has 2 heterocycles. The number of hydrogen-bond donors (Lipinski definition) is 0. The maximum atomic E-state index is 10.3. The number of pyridine rings is 1. The predicted octanol–water partition coefficient (Wildman–Crippen LogP) is 2.07. The van der Waals surface area contributed by atoms with E-state index in [4.69, 9.17) is 0 Å². The first-order valence-corrected chi connectivity index (χ1v) is 4.86. The Labute approximate surface area is 87.3 Å². The molecule has 0 bridgehead atoms. The molecular weight excluding hydrogens is 192 g/mol. The van der Waals surface area contributed by atoms with Crippen LogP contribution in [0.5, 0.6) is 0 Å². The number of hydrogen-bond acceptors (Lipinski definition) is 2. The Balaban J connectivity index is 2.40. The van der Waals surface area contributed by atoms with Crippen LogP contribution < -0.4 is 0 Å². The standard InChI is InChI=1S/C11H12N2O2/c1-9-8-10-4-2-3-6-12(10)11(9)5-7-13(14)15/h2-4,6,8H,5,7H2,1H3. The molecule has 2 rings (SSSR count). The van der Waals surface area contributed by atoms with Gasteiger partial charge in [-0.05, 0) is 30.7 Å². The van der Waals surface area contributed by atoms with Crippen LogP contribution in [0.15, 0.2) is 30.5 Å². The van der Waals surface area contributed by atoms with E-state index in [0.29, 0.717) is 6.42 Å². The summed E-state index contributed by atoms with van der Waals surface area (Å²) in [5.41, 5.74) is 3.23. The van der Waals surface area contributed by atoms with Crippen LogP contribution in [0.1, 0.15) is 11.3 Å². The number of aryl methyl sites for hydroxylation is 1. The third kappa shape index (κ3) is 1.83. The number of nitro groups is 1. The van der Waals surface area contributed by atoms with Crippen LogP contribution in [0, 0.1) is 17.0 Å². The Bertz CT molecular complexity index is 502. The quantitative estimate of drug-likeness (QED) is 0.567. The summed E-state index contributed by atoms with van der Waals surface area (Å²) in [6.45, 7) is 1.98. The summed E-state index contributed by atoms with van der Waals surface area (Å²) in [4.78, 5) is 10.1. The lowest BCUT2D eigenvalue weighted by Crippen LogP contribution is -2.06. The van der Waals surface area contributed by atoms with Gasteiger partial charge in [-0.25, -0.2) is 0 Å². The van der Waals surface area contributed by atoms with Gasteiger partial charge in [0.05, 0.1) is 6.42 Å². The number of nitrogens with zero attached hydrogens (tertiary/aromatic N) is 2. The fourth-order valence-electron chi connectivity index (χ4n) is 1.83. The smallest absolute Gasteiger partial charge is 0.209 e. The molecule has 2 aromatic heterocycles. The Morgan fingerprint density at radius 2 is 2.27 bits per heavy atom. The average molecular weight is 204 g/mol. The molecule has 4 heteroatoms. The first kappa shape index (κ1) is 9.71. The molecule has 0 amide bonds. The van der Waals surface area contributed by atoms with Crippen LogP contribution in [-0.2, 0) is 6.42 Å². The van der Waals surface area contributed by atoms with Gasteiger partial charge in [-0.1, -0.05) is 6.07 Å². The highest BCUT2D eigenvalue weighted by Crippen LogP contribution is 2.16. The predicted molar refractivity (Wildman–Crippen MR) is 57.7 cm³/mol. The zero-order valence-electron chi connectivity index (χ0n) is 8.51. The third-order valence-electron chi connectivity index (χ3n) is 2.53. The van der Waals surface area contributed by atoms with Crippen molar-refractivity contribution < 1.29 is 4.92 Å². The number of rotatable bonds is 3. The Morgan fingerprint density at radius 3 is 3.00 bits per heavy atom. The van der Waals surface area contributed by atoms with E-state index in [1.165, 1.54) is 0 Å². The summed E-state index contributed by atoms with van der Waals surface area (Å²) < 4.78 is 2.01. The highest BCUT2D eigenvalue weighted by Gasteiger charge is 2.08. The highest BCUT2D eigenvalue weighted by atomic mass is 16.6. The van der Waals surface area contributed by atoms with E-state index < -0.39 is 0 Å². The molecule has 0 aliphatic carbocycles. The fourth-order valence-corrected chi connectivity index (χ4v) is 1.83. The third-order valence-corrected chi connectivity index (χ3v) is 2.53. The molecule has 0 saturated heterocycles. The monoisotopic (exact) mass is 204 g/mol. The van der Waals surface area contributed by atoms with Crippen molar-refractivity contribution >= 4 is 5.52 Å². The molecule has 0 saturated carbocycles. The van der Waals surface area contributed by atoms with Crippen molar-refractivity contribution in [2.45, 2.75) is 13.3 Å². The lowest BCUT2D eigenvalue weighted by molar-refractivity contribution is -0.479. The SMILES string of the molecule is Cc1cc2ccccn2c1CC[N+](=O)[O-]. The van der Waals surface area contributed by atoms with E-state index in [0.717, 1.165) is 16.8 Å². The first-order valence-electron chi connectivity index (χ1n) is 4.86. The zero-order valence-corrected chi connectivity index (χ0v) is 8.51. The van der Waals surface area contributed by atoms with Crippen molar-refractivity contribution in [1.82, 2.24) is 4.40 Å². The summed E-state index contributed by atoms with van der Waals surface area (Å²) in [5.74, 6) is 0. The first-order chi connectivity index (χ1) is 7.18. The molecule has 2 aromatic rings. The van der Waals surface area contributed by atoms with E-state index in [9.17, 15) is 10.1 Å². The van der Waals surface area contributed by atoms with Crippen molar-refractivity contribution in [3.05, 3.63) is 51.8 Å². The van der Waals surface area contributed by atoms with Gasteiger partial charge in [-0.3, -0.25) is 10.1 Å². The van der Waals surface area contributed by atoms with Crippen LogP contribution in [0.2, 0.25) is 0 Å². The van der Waals surface area contributed by atoms with E-state index in [-0.39, 0.29) is 11.5 Å². The van der Waals surface area contributed by atoms with E-state index >= 15 is 0 Å². The second-order valence-electron chi connectivity index (χ2n) is 3.58. The van der Waals surface area contributed by atoms with Crippen LogP contribution >= 0.6 is 0 Å².